The fraction of sp³-hybridized carbons (Fsp3) is 0.318. The molecule has 1 aliphatic heterocycles. The quantitative estimate of drug-likeness (QED) is 0.781. The lowest BCUT2D eigenvalue weighted by molar-refractivity contribution is -0.142. The number of nitrogens with zero attached hydrogens (tertiary/aromatic N) is 1. The van der Waals surface area contributed by atoms with Gasteiger partial charge in [0, 0.05) is 17.1 Å². The first kappa shape index (κ1) is 18.2. The van der Waals surface area contributed by atoms with Crippen LogP contribution >= 0.6 is 0 Å². The van der Waals surface area contributed by atoms with Gasteiger partial charge in [0.1, 0.15) is 6.54 Å². The van der Waals surface area contributed by atoms with Crippen molar-refractivity contribution < 1.29 is 14.4 Å². The Hall–Kier alpha value is -3.15. The summed E-state index contributed by atoms with van der Waals surface area (Å²) in [5.74, 6) is -1.18. The lowest BCUT2D eigenvalue weighted by Crippen LogP contribution is -2.38. The van der Waals surface area contributed by atoms with Gasteiger partial charge in [0.2, 0.25) is 17.7 Å². The van der Waals surface area contributed by atoms with E-state index >= 15 is 0 Å². The van der Waals surface area contributed by atoms with E-state index in [9.17, 15) is 14.4 Å². The molecule has 0 spiro atoms. The Balaban J connectivity index is 1.35. The van der Waals surface area contributed by atoms with E-state index in [0.717, 1.165) is 42.0 Å². The van der Waals surface area contributed by atoms with Crippen LogP contribution in [0.3, 0.4) is 0 Å². The lowest BCUT2D eigenvalue weighted by Gasteiger charge is -2.19. The molecule has 2 aromatic carbocycles. The molecule has 144 valence electrons. The molecular formula is C22H23N3O3. The number of rotatable bonds is 5. The molecule has 0 radical (unpaired) electrons. The van der Waals surface area contributed by atoms with Crippen LogP contribution in [0.5, 0.6) is 0 Å². The van der Waals surface area contributed by atoms with Gasteiger partial charge in [0.05, 0.1) is 11.8 Å². The maximum Gasteiger partial charge on any atom is 0.244 e. The van der Waals surface area contributed by atoms with Crippen molar-refractivity contribution in [3.05, 3.63) is 54.6 Å². The van der Waals surface area contributed by atoms with E-state index in [1.54, 1.807) is 12.1 Å². The van der Waals surface area contributed by atoms with E-state index in [-0.39, 0.29) is 36.1 Å². The summed E-state index contributed by atoms with van der Waals surface area (Å²) in [6.07, 6.45) is 3.46. The van der Waals surface area contributed by atoms with Crippen molar-refractivity contribution >= 4 is 34.8 Å². The third-order valence-corrected chi connectivity index (χ3v) is 5.47. The number of para-hydroxylation sites is 1. The van der Waals surface area contributed by atoms with Crippen molar-refractivity contribution in [3.8, 4) is 0 Å². The van der Waals surface area contributed by atoms with Crippen molar-refractivity contribution in [2.45, 2.75) is 25.7 Å². The molecule has 1 saturated heterocycles. The predicted molar refractivity (Wildman–Crippen MR) is 107 cm³/mol. The Morgan fingerprint density at radius 2 is 1.36 bits per heavy atom. The molecule has 1 saturated carbocycles. The monoisotopic (exact) mass is 377 g/mol. The highest BCUT2D eigenvalue weighted by Crippen LogP contribution is 2.37. The largest absolute Gasteiger partial charge is 0.356 e. The lowest BCUT2D eigenvalue weighted by atomic mass is 9.81. The molecule has 1 aliphatic carbocycles. The van der Waals surface area contributed by atoms with E-state index in [0.29, 0.717) is 5.69 Å². The zero-order chi connectivity index (χ0) is 19.5. The molecule has 2 N–H and O–H groups in total. The summed E-state index contributed by atoms with van der Waals surface area (Å²) >= 11 is 0. The first-order valence-corrected chi connectivity index (χ1v) is 9.69. The predicted octanol–water partition coefficient (Wildman–Crippen LogP) is 3.54. The Morgan fingerprint density at radius 3 is 1.96 bits per heavy atom. The number of benzene rings is 2. The average molecular weight is 377 g/mol. The fourth-order valence-electron chi connectivity index (χ4n) is 4.06. The summed E-state index contributed by atoms with van der Waals surface area (Å²) in [7, 11) is 0. The first-order valence-electron chi connectivity index (χ1n) is 9.69. The molecule has 2 fully saturated rings. The highest BCUT2D eigenvalue weighted by Gasteiger charge is 2.48. The van der Waals surface area contributed by atoms with Crippen LogP contribution in [0.15, 0.2) is 54.6 Å². The molecule has 1 heterocycles. The Labute approximate surface area is 163 Å². The van der Waals surface area contributed by atoms with Crippen molar-refractivity contribution in [2.75, 3.05) is 17.2 Å². The number of imide groups is 1. The smallest absolute Gasteiger partial charge is 0.244 e. The number of hydrogen-bond acceptors (Lipinski definition) is 4. The number of amides is 3. The highest BCUT2D eigenvalue weighted by atomic mass is 16.2. The van der Waals surface area contributed by atoms with Gasteiger partial charge < -0.3 is 10.6 Å². The average Bonchev–Trinajstić information content (AvgIpc) is 2.95. The second-order valence-corrected chi connectivity index (χ2v) is 7.38. The topological polar surface area (TPSA) is 78.5 Å². The molecule has 6 heteroatoms. The molecule has 0 unspecified atom stereocenters. The van der Waals surface area contributed by atoms with Gasteiger partial charge in [-0.1, -0.05) is 31.0 Å². The molecule has 2 aromatic rings. The molecule has 2 aliphatic rings. The van der Waals surface area contributed by atoms with Crippen LogP contribution in [0.2, 0.25) is 0 Å². The van der Waals surface area contributed by atoms with Crippen LogP contribution in [-0.2, 0) is 14.4 Å². The Bertz CT molecular complexity index is 856. The van der Waals surface area contributed by atoms with Gasteiger partial charge in [-0.3, -0.25) is 19.3 Å². The first-order chi connectivity index (χ1) is 13.6. The van der Waals surface area contributed by atoms with Crippen LogP contribution in [0.1, 0.15) is 25.7 Å². The molecule has 6 nitrogen and oxygen atoms in total. The number of carbonyl (C=O) groups is 3. The minimum atomic E-state index is -0.357. The standard InChI is InChI=1S/C22H23N3O3/c26-20(14-25-21(27)18-8-4-5-9-19(18)22(25)28)24-17-12-10-16(11-13-17)23-15-6-2-1-3-7-15/h1-3,6-7,10-13,18-19,23H,4-5,8-9,14H2,(H,24,26)/t18-,19-/m0/s1. The number of carbonyl (C=O) groups excluding carboxylic acids is 3. The van der Waals surface area contributed by atoms with Crippen molar-refractivity contribution in [3.63, 3.8) is 0 Å². The molecule has 4 rings (SSSR count). The summed E-state index contributed by atoms with van der Waals surface area (Å²) < 4.78 is 0. The summed E-state index contributed by atoms with van der Waals surface area (Å²) in [6, 6.07) is 17.1. The molecule has 0 aromatic heterocycles. The summed E-state index contributed by atoms with van der Waals surface area (Å²) in [5.41, 5.74) is 2.50. The van der Waals surface area contributed by atoms with E-state index in [4.69, 9.17) is 0 Å². The third kappa shape index (κ3) is 3.76. The van der Waals surface area contributed by atoms with Gasteiger partial charge in [-0.05, 0) is 49.2 Å². The van der Waals surface area contributed by atoms with Crippen molar-refractivity contribution in [2.24, 2.45) is 11.8 Å². The number of likely N-dealkylation sites (tertiary alicyclic amines) is 1. The van der Waals surface area contributed by atoms with E-state index in [1.807, 2.05) is 42.5 Å². The SMILES string of the molecule is O=C(CN1C(=O)[C@H]2CCCC[C@@H]2C1=O)Nc1ccc(Nc2ccccc2)cc1. The van der Waals surface area contributed by atoms with Crippen LogP contribution in [0.25, 0.3) is 0 Å². The zero-order valence-corrected chi connectivity index (χ0v) is 15.6. The van der Waals surface area contributed by atoms with Crippen LogP contribution < -0.4 is 10.6 Å². The minimum absolute atomic E-state index is 0.188. The molecule has 3 amide bonds. The minimum Gasteiger partial charge on any atom is -0.356 e. The van der Waals surface area contributed by atoms with Crippen molar-refractivity contribution in [1.29, 1.82) is 0 Å². The van der Waals surface area contributed by atoms with Crippen LogP contribution in [0.4, 0.5) is 17.1 Å². The molecule has 2 atom stereocenters. The zero-order valence-electron chi connectivity index (χ0n) is 15.6. The van der Waals surface area contributed by atoms with E-state index in [1.165, 1.54) is 0 Å². The van der Waals surface area contributed by atoms with Gasteiger partial charge >= 0.3 is 0 Å². The maximum absolute atomic E-state index is 12.5. The van der Waals surface area contributed by atoms with Crippen LogP contribution in [-0.4, -0.2) is 29.2 Å². The molecule has 28 heavy (non-hydrogen) atoms. The van der Waals surface area contributed by atoms with Crippen LogP contribution in [0, 0.1) is 11.8 Å². The Kier molecular flexibility index (Phi) is 5.10. The van der Waals surface area contributed by atoms with Gasteiger partial charge in [-0.15, -0.1) is 0 Å². The highest BCUT2D eigenvalue weighted by molar-refractivity contribution is 6.08. The number of fused-ring (bicyclic) bond motifs is 1. The van der Waals surface area contributed by atoms with E-state index < -0.39 is 0 Å². The third-order valence-electron chi connectivity index (χ3n) is 5.47. The maximum atomic E-state index is 12.5. The second kappa shape index (κ2) is 7.84. The summed E-state index contributed by atoms with van der Waals surface area (Å²) in [6.45, 7) is -0.214. The molecule has 0 bridgehead atoms. The Morgan fingerprint density at radius 1 is 0.821 bits per heavy atom. The van der Waals surface area contributed by atoms with Crippen molar-refractivity contribution in [1.82, 2.24) is 4.90 Å². The molecular weight excluding hydrogens is 354 g/mol. The van der Waals surface area contributed by atoms with Gasteiger partial charge in [-0.25, -0.2) is 0 Å². The van der Waals surface area contributed by atoms with Gasteiger partial charge in [0.25, 0.3) is 0 Å². The fourth-order valence-corrected chi connectivity index (χ4v) is 4.06. The number of hydrogen-bond donors (Lipinski definition) is 2. The van der Waals surface area contributed by atoms with Gasteiger partial charge in [-0.2, -0.15) is 0 Å². The second-order valence-electron chi connectivity index (χ2n) is 7.38. The van der Waals surface area contributed by atoms with E-state index in [2.05, 4.69) is 10.6 Å². The number of anilines is 3. The summed E-state index contributed by atoms with van der Waals surface area (Å²) in [5, 5.41) is 6.04. The number of nitrogens with one attached hydrogen (secondary N) is 2. The van der Waals surface area contributed by atoms with Gasteiger partial charge in [0.15, 0.2) is 0 Å². The summed E-state index contributed by atoms with van der Waals surface area (Å²) in [4.78, 5) is 38.5. The normalized spacial score (nSPS) is 21.4.